The number of carbonyl (C=O) groups excluding carboxylic acids is 1. The van der Waals surface area contributed by atoms with Gasteiger partial charge in [-0.15, -0.1) is 5.10 Å². The van der Waals surface area contributed by atoms with Crippen molar-refractivity contribution >= 4 is 5.91 Å². The zero-order valence-corrected chi connectivity index (χ0v) is 11.6. The Hall–Kier alpha value is -2.48. The molecule has 3 heterocycles. The molecule has 1 fully saturated rings. The Labute approximate surface area is 121 Å². The Morgan fingerprint density at radius 3 is 3.14 bits per heavy atom. The largest absolute Gasteiger partial charge is 0.481 e. The standard InChI is InChI=1S/C13H16N6O2/c1-21-13-9(3-2-4-15-13)5-16-12(20)11-8-19(18-17-11)10-6-14-7-10/h2-4,8,10,14H,5-7H2,1H3,(H,16,20). The van der Waals surface area contributed by atoms with Crippen LogP contribution in [0.1, 0.15) is 22.1 Å². The van der Waals surface area contributed by atoms with Crippen molar-refractivity contribution in [1.29, 1.82) is 0 Å². The maximum Gasteiger partial charge on any atom is 0.273 e. The lowest BCUT2D eigenvalue weighted by Crippen LogP contribution is -2.43. The highest BCUT2D eigenvalue weighted by Gasteiger charge is 2.21. The molecule has 1 aliphatic heterocycles. The first kappa shape index (κ1) is 13.5. The summed E-state index contributed by atoms with van der Waals surface area (Å²) in [4.78, 5) is 16.1. The Morgan fingerprint density at radius 1 is 1.57 bits per heavy atom. The molecule has 0 spiro atoms. The van der Waals surface area contributed by atoms with Gasteiger partial charge in [-0.1, -0.05) is 11.3 Å². The third-order valence-corrected chi connectivity index (χ3v) is 3.36. The van der Waals surface area contributed by atoms with E-state index in [2.05, 4.69) is 25.9 Å². The highest BCUT2D eigenvalue weighted by Crippen LogP contribution is 2.13. The quantitative estimate of drug-likeness (QED) is 0.788. The number of nitrogens with one attached hydrogen (secondary N) is 2. The lowest BCUT2D eigenvalue weighted by atomic mass is 10.2. The number of nitrogens with zero attached hydrogens (tertiary/aromatic N) is 4. The van der Waals surface area contributed by atoms with Crippen molar-refractivity contribution < 1.29 is 9.53 Å². The molecule has 0 aliphatic carbocycles. The molecule has 0 saturated carbocycles. The van der Waals surface area contributed by atoms with Crippen LogP contribution in [0.3, 0.4) is 0 Å². The van der Waals surface area contributed by atoms with Gasteiger partial charge in [0.2, 0.25) is 5.88 Å². The zero-order chi connectivity index (χ0) is 14.7. The molecule has 0 atom stereocenters. The Kier molecular flexibility index (Phi) is 3.78. The first-order valence-electron chi connectivity index (χ1n) is 6.66. The average Bonchev–Trinajstić information content (AvgIpc) is 2.92. The Morgan fingerprint density at radius 2 is 2.43 bits per heavy atom. The zero-order valence-electron chi connectivity index (χ0n) is 11.6. The molecule has 21 heavy (non-hydrogen) atoms. The fraction of sp³-hybridized carbons (Fsp3) is 0.385. The topological polar surface area (TPSA) is 94.0 Å². The number of amides is 1. The van der Waals surface area contributed by atoms with Gasteiger partial charge in [0.05, 0.1) is 19.3 Å². The second-order valence-electron chi connectivity index (χ2n) is 4.75. The van der Waals surface area contributed by atoms with Crippen LogP contribution in [0.25, 0.3) is 0 Å². The summed E-state index contributed by atoms with van der Waals surface area (Å²) in [6.45, 7) is 2.04. The Bertz CT molecular complexity index is 637. The van der Waals surface area contributed by atoms with E-state index in [1.807, 2.05) is 6.07 Å². The summed E-state index contributed by atoms with van der Waals surface area (Å²) < 4.78 is 6.86. The minimum Gasteiger partial charge on any atom is -0.481 e. The van der Waals surface area contributed by atoms with Crippen molar-refractivity contribution in [2.45, 2.75) is 12.6 Å². The number of carbonyl (C=O) groups is 1. The van der Waals surface area contributed by atoms with Gasteiger partial charge in [-0.2, -0.15) is 0 Å². The molecular formula is C13H16N6O2. The summed E-state index contributed by atoms with van der Waals surface area (Å²) in [5.74, 6) is 0.237. The number of hydrogen-bond acceptors (Lipinski definition) is 6. The molecule has 8 nitrogen and oxygen atoms in total. The number of ether oxygens (including phenoxy) is 1. The molecule has 110 valence electrons. The first-order chi connectivity index (χ1) is 10.3. The lowest BCUT2D eigenvalue weighted by Gasteiger charge is -2.26. The number of aromatic nitrogens is 4. The van der Waals surface area contributed by atoms with Gasteiger partial charge >= 0.3 is 0 Å². The first-order valence-corrected chi connectivity index (χ1v) is 6.66. The van der Waals surface area contributed by atoms with Gasteiger partial charge in [-0.25, -0.2) is 9.67 Å². The van der Waals surface area contributed by atoms with Gasteiger partial charge in [0.15, 0.2) is 5.69 Å². The van der Waals surface area contributed by atoms with E-state index in [1.165, 1.54) is 0 Å². The van der Waals surface area contributed by atoms with E-state index in [0.29, 0.717) is 18.1 Å². The van der Waals surface area contributed by atoms with Gasteiger partial charge in [0, 0.05) is 31.4 Å². The van der Waals surface area contributed by atoms with Crippen LogP contribution in [0.2, 0.25) is 0 Å². The maximum atomic E-state index is 12.1. The van der Waals surface area contributed by atoms with Gasteiger partial charge in [-0.3, -0.25) is 4.79 Å². The summed E-state index contributed by atoms with van der Waals surface area (Å²) in [5.41, 5.74) is 1.12. The summed E-state index contributed by atoms with van der Waals surface area (Å²) in [5, 5.41) is 13.8. The summed E-state index contributed by atoms with van der Waals surface area (Å²) in [7, 11) is 1.55. The normalized spacial score (nSPS) is 14.5. The molecular weight excluding hydrogens is 272 g/mol. The van der Waals surface area contributed by atoms with Crippen LogP contribution in [0.15, 0.2) is 24.5 Å². The second kappa shape index (κ2) is 5.88. The molecule has 3 rings (SSSR count). The molecule has 2 aromatic rings. The molecule has 0 radical (unpaired) electrons. The van der Waals surface area contributed by atoms with Crippen molar-refractivity contribution in [3.05, 3.63) is 35.8 Å². The van der Waals surface area contributed by atoms with Gasteiger partial charge in [-0.05, 0) is 6.07 Å². The monoisotopic (exact) mass is 288 g/mol. The van der Waals surface area contributed by atoms with E-state index < -0.39 is 0 Å². The number of pyridine rings is 1. The van der Waals surface area contributed by atoms with E-state index in [4.69, 9.17) is 4.74 Å². The minimum absolute atomic E-state index is 0.264. The van der Waals surface area contributed by atoms with Crippen molar-refractivity contribution in [3.63, 3.8) is 0 Å². The second-order valence-corrected chi connectivity index (χ2v) is 4.75. The van der Waals surface area contributed by atoms with Crippen LogP contribution < -0.4 is 15.4 Å². The highest BCUT2D eigenvalue weighted by atomic mass is 16.5. The molecule has 1 aliphatic rings. The fourth-order valence-corrected chi connectivity index (χ4v) is 2.03. The Balaban J connectivity index is 1.62. The van der Waals surface area contributed by atoms with Crippen molar-refractivity contribution in [1.82, 2.24) is 30.6 Å². The fourth-order valence-electron chi connectivity index (χ4n) is 2.03. The van der Waals surface area contributed by atoms with Crippen molar-refractivity contribution in [2.24, 2.45) is 0 Å². The molecule has 0 bridgehead atoms. The molecule has 0 unspecified atom stereocenters. The van der Waals surface area contributed by atoms with E-state index in [9.17, 15) is 4.79 Å². The van der Waals surface area contributed by atoms with Gasteiger partial charge < -0.3 is 15.4 Å². The van der Waals surface area contributed by atoms with Crippen LogP contribution in [-0.4, -0.2) is 46.1 Å². The van der Waals surface area contributed by atoms with Crippen LogP contribution in [-0.2, 0) is 6.54 Å². The van der Waals surface area contributed by atoms with Crippen LogP contribution in [0.5, 0.6) is 5.88 Å². The van der Waals surface area contributed by atoms with Gasteiger partial charge in [0.25, 0.3) is 5.91 Å². The molecule has 2 N–H and O–H groups in total. The smallest absolute Gasteiger partial charge is 0.273 e. The van der Waals surface area contributed by atoms with E-state index >= 15 is 0 Å². The molecule has 2 aromatic heterocycles. The molecule has 1 saturated heterocycles. The summed E-state index contributed by atoms with van der Waals surface area (Å²) in [6, 6.07) is 3.94. The summed E-state index contributed by atoms with van der Waals surface area (Å²) in [6.07, 6.45) is 3.31. The lowest BCUT2D eigenvalue weighted by molar-refractivity contribution is 0.0945. The summed E-state index contributed by atoms with van der Waals surface area (Å²) >= 11 is 0. The average molecular weight is 288 g/mol. The third kappa shape index (κ3) is 2.84. The van der Waals surface area contributed by atoms with Crippen molar-refractivity contribution in [3.8, 4) is 5.88 Å². The van der Waals surface area contributed by atoms with Gasteiger partial charge in [0.1, 0.15) is 0 Å². The third-order valence-electron chi connectivity index (χ3n) is 3.36. The predicted octanol–water partition coefficient (Wildman–Crippen LogP) is -0.244. The number of methoxy groups -OCH3 is 1. The van der Waals surface area contributed by atoms with E-state index in [1.54, 1.807) is 30.3 Å². The molecule has 8 heteroatoms. The highest BCUT2D eigenvalue weighted by molar-refractivity contribution is 5.91. The van der Waals surface area contributed by atoms with Crippen LogP contribution in [0.4, 0.5) is 0 Å². The van der Waals surface area contributed by atoms with E-state index in [0.717, 1.165) is 18.7 Å². The minimum atomic E-state index is -0.264. The number of hydrogen-bond donors (Lipinski definition) is 2. The van der Waals surface area contributed by atoms with Crippen LogP contribution in [0, 0.1) is 0 Å². The van der Waals surface area contributed by atoms with Crippen LogP contribution >= 0.6 is 0 Å². The maximum absolute atomic E-state index is 12.1. The SMILES string of the molecule is COc1ncccc1CNC(=O)c1cn(C2CNC2)nn1. The molecule has 1 amide bonds. The van der Waals surface area contributed by atoms with Crippen molar-refractivity contribution in [2.75, 3.05) is 20.2 Å². The predicted molar refractivity (Wildman–Crippen MR) is 73.9 cm³/mol. The van der Waals surface area contributed by atoms with E-state index in [-0.39, 0.29) is 11.9 Å². The molecule has 0 aromatic carbocycles. The number of rotatable bonds is 5.